The molecule has 4 heteroatoms. The van der Waals surface area contributed by atoms with Crippen molar-refractivity contribution in [1.29, 1.82) is 0 Å². The zero-order valence-electron chi connectivity index (χ0n) is 10.2. The Labute approximate surface area is 105 Å². The molecule has 1 aromatic heterocycles. The fraction of sp³-hybridized carbons (Fsp3) is 0.143. The maximum atomic E-state index is 12.8. The highest BCUT2D eigenvalue weighted by Gasteiger charge is 2.09. The molecule has 92 valence electrons. The molecule has 0 fully saturated rings. The normalized spacial score (nSPS) is 10.2. The lowest BCUT2D eigenvalue weighted by Gasteiger charge is -2.10. The number of aromatic nitrogens is 1. The van der Waals surface area contributed by atoms with Gasteiger partial charge in [-0.1, -0.05) is 0 Å². The smallest absolute Gasteiger partial charge is 0.194 e. The Morgan fingerprint density at radius 2 is 1.67 bits per heavy atom. The molecule has 0 bridgehead atoms. The van der Waals surface area contributed by atoms with E-state index in [0.717, 1.165) is 5.82 Å². The number of carbonyl (C=O) groups excluding carboxylic acids is 1. The van der Waals surface area contributed by atoms with Crippen LogP contribution >= 0.6 is 0 Å². The van der Waals surface area contributed by atoms with Crippen molar-refractivity contribution in [3.8, 4) is 0 Å². The predicted molar refractivity (Wildman–Crippen MR) is 68.4 cm³/mol. The summed E-state index contributed by atoms with van der Waals surface area (Å²) in [6.07, 6.45) is 1.53. The molecule has 0 aliphatic rings. The van der Waals surface area contributed by atoms with Gasteiger partial charge in [-0.25, -0.2) is 9.37 Å². The number of rotatable bonds is 3. The van der Waals surface area contributed by atoms with Crippen LogP contribution in [0, 0.1) is 5.82 Å². The average molecular weight is 244 g/mol. The summed E-state index contributed by atoms with van der Waals surface area (Å²) < 4.78 is 12.8. The van der Waals surface area contributed by atoms with Gasteiger partial charge in [-0.15, -0.1) is 0 Å². The van der Waals surface area contributed by atoms with E-state index < -0.39 is 0 Å². The Morgan fingerprint density at radius 3 is 2.17 bits per heavy atom. The van der Waals surface area contributed by atoms with Crippen molar-refractivity contribution in [2.24, 2.45) is 0 Å². The molecule has 0 unspecified atom stereocenters. The highest BCUT2D eigenvalue weighted by atomic mass is 19.1. The number of hydrogen-bond acceptors (Lipinski definition) is 3. The van der Waals surface area contributed by atoms with E-state index in [-0.39, 0.29) is 11.6 Å². The molecule has 0 aliphatic carbocycles. The summed E-state index contributed by atoms with van der Waals surface area (Å²) in [5.74, 6) is 0.270. The van der Waals surface area contributed by atoms with Crippen molar-refractivity contribution < 1.29 is 9.18 Å². The lowest BCUT2D eigenvalue weighted by atomic mass is 10.1. The standard InChI is InChI=1S/C14H13FN2O/c1-17(2)13-8-5-11(9-16-13)14(18)10-3-6-12(15)7-4-10/h3-9H,1-2H3. The highest BCUT2D eigenvalue weighted by molar-refractivity contribution is 6.08. The number of hydrogen-bond donors (Lipinski definition) is 0. The second kappa shape index (κ2) is 4.96. The number of benzene rings is 1. The van der Waals surface area contributed by atoms with Crippen LogP contribution in [0.2, 0.25) is 0 Å². The largest absolute Gasteiger partial charge is 0.363 e. The minimum absolute atomic E-state index is 0.159. The second-order valence-corrected chi connectivity index (χ2v) is 4.14. The maximum absolute atomic E-state index is 12.8. The van der Waals surface area contributed by atoms with Gasteiger partial charge in [-0.2, -0.15) is 0 Å². The van der Waals surface area contributed by atoms with E-state index in [2.05, 4.69) is 4.98 Å². The zero-order chi connectivity index (χ0) is 13.1. The van der Waals surface area contributed by atoms with Crippen LogP contribution in [0.5, 0.6) is 0 Å². The van der Waals surface area contributed by atoms with E-state index in [4.69, 9.17) is 0 Å². The Morgan fingerprint density at radius 1 is 1.06 bits per heavy atom. The van der Waals surface area contributed by atoms with Gasteiger partial charge in [0.05, 0.1) is 0 Å². The molecule has 18 heavy (non-hydrogen) atoms. The Bertz CT molecular complexity index is 547. The summed E-state index contributed by atoms with van der Waals surface area (Å²) in [4.78, 5) is 18.1. The summed E-state index contributed by atoms with van der Waals surface area (Å²) in [7, 11) is 3.76. The third-order valence-corrected chi connectivity index (χ3v) is 2.57. The first-order chi connectivity index (χ1) is 8.58. The van der Waals surface area contributed by atoms with E-state index in [1.807, 2.05) is 19.0 Å². The molecule has 0 saturated carbocycles. The van der Waals surface area contributed by atoms with Gasteiger partial charge >= 0.3 is 0 Å². The fourth-order valence-electron chi connectivity index (χ4n) is 1.55. The molecule has 0 N–H and O–H groups in total. The molecular formula is C14H13FN2O. The lowest BCUT2D eigenvalue weighted by molar-refractivity contribution is 0.103. The SMILES string of the molecule is CN(C)c1ccc(C(=O)c2ccc(F)cc2)cn1. The third kappa shape index (κ3) is 2.53. The summed E-state index contributed by atoms with van der Waals surface area (Å²) in [6, 6.07) is 8.98. The van der Waals surface area contributed by atoms with Crippen LogP contribution in [0.4, 0.5) is 10.2 Å². The van der Waals surface area contributed by atoms with Crippen LogP contribution in [0.1, 0.15) is 15.9 Å². The van der Waals surface area contributed by atoms with Crippen LogP contribution in [0.3, 0.4) is 0 Å². The average Bonchev–Trinajstić information content (AvgIpc) is 2.39. The van der Waals surface area contributed by atoms with Crippen LogP contribution in [0.15, 0.2) is 42.6 Å². The van der Waals surface area contributed by atoms with Crippen molar-refractivity contribution in [2.45, 2.75) is 0 Å². The maximum Gasteiger partial charge on any atom is 0.194 e. The molecule has 3 nitrogen and oxygen atoms in total. The number of pyridine rings is 1. The summed E-state index contributed by atoms with van der Waals surface area (Å²) in [6.45, 7) is 0. The lowest BCUT2D eigenvalue weighted by Crippen LogP contribution is -2.11. The summed E-state index contributed by atoms with van der Waals surface area (Å²) in [5.41, 5.74) is 0.947. The summed E-state index contributed by atoms with van der Waals surface area (Å²) >= 11 is 0. The molecule has 2 rings (SSSR count). The van der Waals surface area contributed by atoms with Crippen molar-refractivity contribution in [2.75, 3.05) is 19.0 Å². The zero-order valence-corrected chi connectivity index (χ0v) is 10.2. The topological polar surface area (TPSA) is 33.2 Å². The predicted octanol–water partition coefficient (Wildman–Crippen LogP) is 2.52. The number of nitrogens with zero attached hydrogens (tertiary/aromatic N) is 2. The van der Waals surface area contributed by atoms with E-state index in [0.29, 0.717) is 11.1 Å². The van der Waals surface area contributed by atoms with Crippen LogP contribution in [-0.4, -0.2) is 24.9 Å². The molecular weight excluding hydrogens is 231 g/mol. The quantitative estimate of drug-likeness (QED) is 0.778. The summed E-state index contributed by atoms with van der Waals surface area (Å²) in [5, 5.41) is 0. The minimum atomic E-state index is -0.354. The van der Waals surface area contributed by atoms with E-state index in [1.165, 1.54) is 30.5 Å². The van der Waals surface area contributed by atoms with Crippen molar-refractivity contribution in [3.05, 3.63) is 59.5 Å². The number of carbonyl (C=O) groups is 1. The van der Waals surface area contributed by atoms with Gasteiger partial charge in [-0.05, 0) is 36.4 Å². The van der Waals surface area contributed by atoms with Crippen LogP contribution < -0.4 is 4.90 Å². The second-order valence-electron chi connectivity index (χ2n) is 4.14. The van der Waals surface area contributed by atoms with Crippen LogP contribution in [-0.2, 0) is 0 Å². The fourth-order valence-corrected chi connectivity index (χ4v) is 1.55. The molecule has 0 saturated heterocycles. The molecule has 1 heterocycles. The van der Waals surface area contributed by atoms with Gasteiger partial charge < -0.3 is 4.90 Å². The molecule has 0 amide bonds. The first-order valence-corrected chi connectivity index (χ1v) is 5.51. The Balaban J connectivity index is 2.26. The van der Waals surface area contributed by atoms with E-state index in [9.17, 15) is 9.18 Å². The van der Waals surface area contributed by atoms with Gasteiger partial charge in [0.25, 0.3) is 0 Å². The Hall–Kier alpha value is -2.23. The first-order valence-electron chi connectivity index (χ1n) is 5.51. The van der Waals surface area contributed by atoms with Crippen molar-refractivity contribution >= 4 is 11.6 Å². The molecule has 1 aromatic carbocycles. The van der Waals surface area contributed by atoms with Crippen molar-refractivity contribution in [1.82, 2.24) is 4.98 Å². The molecule has 0 spiro atoms. The van der Waals surface area contributed by atoms with Crippen molar-refractivity contribution in [3.63, 3.8) is 0 Å². The third-order valence-electron chi connectivity index (χ3n) is 2.57. The Kier molecular flexibility index (Phi) is 3.37. The van der Waals surface area contributed by atoms with Gasteiger partial charge in [0.1, 0.15) is 11.6 Å². The molecule has 0 aliphatic heterocycles. The van der Waals surface area contributed by atoms with E-state index >= 15 is 0 Å². The van der Waals surface area contributed by atoms with Gasteiger partial charge in [-0.3, -0.25) is 4.79 Å². The van der Waals surface area contributed by atoms with Crippen LogP contribution in [0.25, 0.3) is 0 Å². The number of ketones is 1. The molecule has 0 atom stereocenters. The van der Waals surface area contributed by atoms with Gasteiger partial charge in [0.15, 0.2) is 5.78 Å². The first kappa shape index (κ1) is 12.2. The van der Waals surface area contributed by atoms with Gasteiger partial charge in [0, 0.05) is 31.4 Å². The molecule has 2 aromatic rings. The van der Waals surface area contributed by atoms with E-state index in [1.54, 1.807) is 12.1 Å². The minimum Gasteiger partial charge on any atom is -0.363 e. The molecule has 0 radical (unpaired) electrons. The van der Waals surface area contributed by atoms with Gasteiger partial charge in [0.2, 0.25) is 0 Å². The monoisotopic (exact) mass is 244 g/mol. The number of anilines is 1. The number of halogens is 1. The highest BCUT2D eigenvalue weighted by Crippen LogP contribution is 2.13.